The van der Waals surface area contributed by atoms with Gasteiger partial charge in [0.15, 0.2) is 0 Å². The van der Waals surface area contributed by atoms with Gasteiger partial charge in [-0.2, -0.15) is 5.26 Å². The van der Waals surface area contributed by atoms with Crippen molar-refractivity contribution in [1.82, 2.24) is 0 Å². The summed E-state index contributed by atoms with van der Waals surface area (Å²) in [6, 6.07) is 21.0. The molecule has 3 aromatic rings. The zero-order chi connectivity index (χ0) is 22.4. The Hall–Kier alpha value is -2.15. The van der Waals surface area contributed by atoms with Gasteiger partial charge < -0.3 is 10.1 Å². The average Bonchev–Trinajstić information content (AvgIpc) is 2.71. The Balaban J connectivity index is 1.77. The van der Waals surface area contributed by atoms with E-state index in [0.717, 1.165) is 29.4 Å². The van der Waals surface area contributed by atoms with Crippen molar-refractivity contribution in [2.75, 3.05) is 5.32 Å². The minimum Gasteiger partial charge on any atom is -0.487 e. The summed E-state index contributed by atoms with van der Waals surface area (Å²) in [6.07, 6.45) is 1.56. The number of rotatable bonds is 6. The van der Waals surface area contributed by atoms with Gasteiger partial charge in [-0.1, -0.05) is 51.8 Å². The highest BCUT2D eigenvalue weighted by Gasteiger charge is 2.13. The van der Waals surface area contributed by atoms with E-state index in [2.05, 4.69) is 65.8 Å². The van der Waals surface area contributed by atoms with Gasteiger partial charge in [-0.15, -0.1) is 0 Å². The van der Waals surface area contributed by atoms with Crippen LogP contribution in [0.15, 0.2) is 75.2 Å². The minimum atomic E-state index is -0.466. The van der Waals surface area contributed by atoms with Gasteiger partial charge in [-0.3, -0.25) is 4.79 Å². The molecule has 0 saturated heterocycles. The van der Waals surface area contributed by atoms with Crippen LogP contribution in [0, 0.1) is 21.8 Å². The van der Waals surface area contributed by atoms with Crippen LogP contribution in [0.3, 0.4) is 0 Å². The summed E-state index contributed by atoms with van der Waals surface area (Å²) in [6.45, 7) is 2.49. The maximum absolute atomic E-state index is 12.5. The lowest BCUT2D eigenvalue weighted by Gasteiger charge is -2.12. The highest BCUT2D eigenvalue weighted by atomic mass is 127. The molecule has 0 unspecified atom stereocenters. The van der Waals surface area contributed by atoms with Crippen molar-refractivity contribution in [1.29, 1.82) is 5.26 Å². The molecule has 0 bridgehead atoms. The Kier molecular flexibility index (Phi) is 8.29. The zero-order valence-corrected chi connectivity index (χ0v) is 21.8. The second-order valence-electron chi connectivity index (χ2n) is 6.73. The van der Waals surface area contributed by atoms with E-state index in [0.29, 0.717) is 12.3 Å². The van der Waals surface area contributed by atoms with Gasteiger partial charge in [-0.05, 0) is 93.0 Å². The maximum Gasteiger partial charge on any atom is 0.266 e. The molecule has 1 N–H and O–H groups in total. The highest BCUT2D eigenvalue weighted by Crippen LogP contribution is 2.33. The number of hydrogen-bond acceptors (Lipinski definition) is 3. The SMILES string of the molecule is Cc1cccc(COc2c(Br)cc(/C=C(/C#N)C(=O)Nc3cccc(Br)c3)cc2I)c1. The van der Waals surface area contributed by atoms with E-state index in [1.807, 2.05) is 55.5 Å². The summed E-state index contributed by atoms with van der Waals surface area (Å²) in [5, 5.41) is 12.2. The number of ether oxygens (including phenoxy) is 1. The van der Waals surface area contributed by atoms with Crippen LogP contribution in [0.1, 0.15) is 16.7 Å². The molecular weight excluding hydrogens is 635 g/mol. The summed E-state index contributed by atoms with van der Waals surface area (Å²) >= 11 is 9.10. The Labute approximate surface area is 211 Å². The van der Waals surface area contributed by atoms with Crippen LogP contribution in [0.25, 0.3) is 6.08 Å². The number of nitriles is 1. The molecule has 156 valence electrons. The molecule has 0 atom stereocenters. The molecule has 0 aromatic heterocycles. The molecule has 0 fully saturated rings. The quantitative estimate of drug-likeness (QED) is 0.174. The molecule has 0 aliphatic rings. The first-order valence-electron chi connectivity index (χ1n) is 9.22. The normalized spacial score (nSPS) is 11.0. The predicted octanol–water partition coefficient (Wildman–Crippen LogP) is 7.25. The first-order chi connectivity index (χ1) is 14.9. The van der Waals surface area contributed by atoms with Gasteiger partial charge in [-0.25, -0.2) is 0 Å². The fourth-order valence-electron chi connectivity index (χ4n) is 2.84. The second-order valence-corrected chi connectivity index (χ2v) is 9.66. The molecule has 0 spiro atoms. The van der Waals surface area contributed by atoms with E-state index in [1.54, 1.807) is 18.2 Å². The van der Waals surface area contributed by atoms with E-state index in [1.165, 1.54) is 5.56 Å². The topological polar surface area (TPSA) is 62.1 Å². The van der Waals surface area contributed by atoms with Crippen LogP contribution in [0.5, 0.6) is 5.75 Å². The van der Waals surface area contributed by atoms with Gasteiger partial charge in [0.25, 0.3) is 5.91 Å². The molecular formula is C24H17Br2IN2O2. The zero-order valence-electron chi connectivity index (χ0n) is 16.5. The van der Waals surface area contributed by atoms with Crippen molar-refractivity contribution < 1.29 is 9.53 Å². The predicted molar refractivity (Wildman–Crippen MR) is 139 cm³/mol. The number of carbonyl (C=O) groups excluding carboxylic acids is 1. The van der Waals surface area contributed by atoms with E-state index >= 15 is 0 Å². The van der Waals surface area contributed by atoms with Gasteiger partial charge in [0, 0.05) is 10.2 Å². The summed E-state index contributed by atoms with van der Waals surface area (Å²) < 4.78 is 8.47. The Morgan fingerprint density at radius 3 is 2.61 bits per heavy atom. The minimum absolute atomic E-state index is 0.0103. The lowest BCUT2D eigenvalue weighted by Crippen LogP contribution is -2.13. The van der Waals surface area contributed by atoms with E-state index in [4.69, 9.17) is 4.74 Å². The number of benzene rings is 3. The molecule has 0 heterocycles. The Bertz CT molecular complexity index is 1180. The Morgan fingerprint density at radius 1 is 1.16 bits per heavy atom. The first-order valence-corrected chi connectivity index (χ1v) is 11.9. The molecule has 3 aromatic carbocycles. The third-order valence-corrected chi connectivity index (χ3v) is 6.13. The number of anilines is 1. The number of carbonyl (C=O) groups is 1. The van der Waals surface area contributed by atoms with Gasteiger partial charge >= 0.3 is 0 Å². The number of hydrogen-bond donors (Lipinski definition) is 1. The molecule has 0 saturated carbocycles. The summed E-state index contributed by atoms with van der Waals surface area (Å²) in [4.78, 5) is 12.5. The second kappa shape index (κ2) is 10.9. The van der Waals surface area contributed by atoms with E-state index in [9.17, 15) is 10.1 Å². The van der Waals surface area contributed by atoms with Crippen molar-refractivity contribution in [2.45, 2.75) is 13.5 Å². The third kappa shape index (κ3) is 6.66. The maximum atomic E-state index is 12.5. The Morgan fingerprint density at radius 2 is 1.94 bits per heavy atom. The van der Waals surface area contributed by atoms with Crippen molar-refractivity contribution >= 4 is 72.1 Å². The molecule has 31 heavy (non-hydrogen) atoms. The lowest BCUT2D eigenvalue weighted by molar-refractivity contribution is -0.112. The summed E-state index contributed by atoms with van der Waals surface area (Å²) in [5.41, 5.74) is 3.61. The number of amides is 1. The van der Waals surface area contributed by atoms with Crippen molar-refractivity contribution in [3.8, 4) is 11.8 Å². The van der Waals surface area contributed by atoms with Gasteiger partial charge in [0.2, 0.25) is 0 Å². The molecule has 3 rings (SSSR count). The van der Waals surface area contributed by atoms with Gasteiger partial charge in [0.05, 0.1) is 8.04 Å². The smallest absolute Gasteiger partial charge is 0.266 e. The van der Waals surface area contributed by atoms with Crippen LogP contribution >= 0.6 is 54.5 Å². The third-order valence-electron chi connectivity index (χ3n) is 4.24. The average molecular weight is 652 g/mol. The monoisotopic (exact) mass is 650 g/mol. The summed E-state index contributed by atoms with van der Waals surface area (Å²) in [5.74, 6) is 0.253. The summed E-state index contributed by atoms with van der Waals surface area (Å²) in [7, 11) is 0. The van der Waals surface area contributed by atoms with Crippen LogP contribution in [0.2, 0.25) is 0 Å². The number of nitrogens with zero attached hydrogens (tertiary/aromatic N) is 1. The van der Waals surface area contributed by atoms with E-state index < -0.39 is 5.91 Å². The van der Waals surface area contributed by atoms with Crippen LogP contribution in [-0.2, 0) is 11.4 Å². The largest absolute Gasteiger partial charge is 0.487 e. The van der Waals surface area contributed by atoms with Crippen LogP contribution < -0.4 is 10.1 Å². The van der Waals surface area contributed by atoms with Crippen molar-refractivity contribution in [3.63, 3.8) is 0 Å². The first kappa shape index (κ1) is 23.5. The fourth-order valence-corrected chi connectivity index (χ4v) is 5.01. The lowest BCUT2D eigenvalue weighted by atomic mass is 10.1. The van der Waals surface area contributed by atoms with Crippen molar-refractivity contribution in [2.24, 2.45) is 0 Å². The van der Waals surface area contributed by atoms with Gasteiger partial charge in [0.1, 0.15) is 24.0 Å². The van der Waals surface area contributed by atoms with Crippen LogP contribution in [0.4, 0.5) is 5.69 Å². The van der Waals surface area contributed by atoms with Crippen LogP contribution in [-0.4, -0.2) is 5.91 Å². The standard InChI is InChI=1S/C24H17Br2IN2O2/c1-15-4-2-5-16(8-15)14-31-23-21(26)10-17(11-22(23)27)9-18(13-28)24(30)29-20-7-3-6-19(25)12-20/h2-12H,14H2,1H3,(H,29,30)/b18-9-. The van der Waals surface area contributed by atoms with E-state index in [-0.39, 0.29) is 5.57 Å². The molecule has 0 aliphatic heterocycles. The molecule has 0 aliphatic carbocycles. The molecule has 4 nitrogen and oxygen atoms in total. The number of aryl methyl sites for hydroxylation is 1. The van der Waals surface area contributed by atoms with Crippen molar-refractivity contribution in [3.05, 3.63) is 95.4 Å². The number of halogens is 3. The molecule has 7 heteroatoms. The highest BCUT2D eigenvalue weighted by molar-refractivity contribution is 14.1. The molecule has 0 radical (unpaired) electrons. The molecule has 1 amide bonds. The fraction of sp³-hybridized carbons (Fsp3) is 0.0833. The number of nitrogens with one attached hydrogen (secondary N) is 1.